The first-order valence-corrected chi connectivity index (χ1v) is 10.7. The summed E-state index contributed by atoms with van der Waals surface area (Å²) in [7, 11) is 1.59. The number of non-ortho nitro benzene ring substituents is 1. The number of para-hydroxylation sites is 1. The molecule has 1 aromatic heterocycles. The molecule has 0 spiro atoms. The van der Waals surface area contributed by atoms with Gasteiger partial charge in [0.05, 0.1) is 11.5 Å². The normalized spacial score (nSPS) is 10.7. The Hall–Kier alpha value is -3.24. The standard InChI is InChI=1S/C21H23N5O4S/c1-30-14-13-22-19(27)8-5-15-31-21-24-23-20(25(21)17-6-3-2-4-7-17)16-9-11-18(12-10-16)26(28)29/h2-4,6-7,9-12H,5,8,13-15H2,1H3,(H,22,27). The van der Waals surface area contributed by atoms with Gasteiger partial charge in [0.25, 0.3) is 5.69 Å². The maximum absolute atomic E-state index is 11.8. The molecular formula is C21H23N5O4S. The van der Waals surface area contributed by atoms with Crippen molar-refractivity contribution < 1.29 is 14.5 Å². The number of aromatic nitrogens is 3. The number of nitro benzene ring substituents is 1. The molecule has 1 amide bonds. The van der Waals surface area contributed by atoms with Gasteiger partial charge in [-0.05, 0) is 30.7 Å². The molecule has 3 rings (SSSR count). The molecule has 0 saturated heterocycles. The summed E-state index contributed by atoms with van der Waals surface area (Å²) in [6.45, 7) is 0.996. The van der Waals surface area contributed by atoms with E-state index in [1.165, 1.54) is 23.9 Å². The summed E-state index contributed by atoms with van der Waals surface area (Å²) in [5.74, 6) is 1.29. The Kier molecular flexibility index (Phi) is 8.13. The molecule has 2 aromatic carbocycles. The van der Waals surface area contributed by atoms with Crippen LogP contribution in [0.15, 0.2) is 59.8 Å². The van der Waals surface area contributed by atoms with Crippen LogP contribution in [-0.4, -0.2) is 51.6 Å². The molecule has 0 aliphatic heterocycles. The van der Waals surface area contributed by atoms with E-state index >= 15 is 0 Å². The Bertz CT molecular complexity index is 1010. The summed E-state index contributed by atoms with van der Waals surface area (Å²) in [5, 5.41) is 23.1. The van der Waals surface area contributed by atoms with Crippen molar-refractivity contribution in [3.63, 3.8) is 0 Å². The maximum atomic E-state index is 11.8. The summed E-state index contributed by atoms with van der Waals surface area (Å²) in [4.78, 5) is 22.3. The van der Waals surface area contributed by atoms with Crippen LogP contribution in [0.5, 0.6) is 0 Å². The van der Waals surface area contributed by atoms with E-state index in [9.17, 15) is 14.9 Å². The quantitative estimate of drug-likeness (QED) is 0.210. The van der Waals surface area contributed by atoms with Crippen molar-refractivity contribution in [2.24, 2.45) is 0 Å². The van der Waals surface area contributed by atoms with Gasteiger partial charge in [-0.3, -0.25) is 19.5 Å². The molecule has 0 radical (unpaired) electrons. The van der Waals surface area contributed by atoms with Crippen LogP contribution in [0, 0.1) is 10.1 Å². The van der Waals surface area contributed by atoms with Crippen molar-refractivity contribution in [3.8, 4) is 17.1 Å². The van der Waals surface area contributed by atoms with E-state index in [-0.39, 0.29) is 11.6 Å². The molecule has 0 bridgehead atoms. The van der Waals surface area contributed by atoms with Gasteiger partial charge in [0.2, 0.25) is 5.91 Å². The lowest BCUT2D eigenvalue weighted by Crippen LogP contribution is -2.26. The lowest BCUT2D eigenvalue weighted by Gasteiger charge is -2.10. The zero-order chi connectivity index (χ0) is 22.1. The van der Waals surface area contributed by atoms with Crippen LogP contribution < -0.4 is 5.32 Å². The summed E-state index contributed by atoms with van der Waals surface area (Å²) in [5.41, 5.74) is 1.64. The van der Waals surface area contributed by atoms with E-state index in [2.05, 4.69) is 15.5 Å². The number of amides is 1. The molecule has 0 aliphatic carbocycles. The number of nitrogens with one attached hydrogen (secondary N) is 1. The van der Waals surface area contributed by atoms with E-state index in [1.807, 2.05) is 34.9 Å². The highest BCUT2D eigenvalue weighted by Gasteiger charge is 2.17. The predicted molar refractivity (Wildman–Crippen MR) is 118 cm³/mol. The highest BCUT2D eigenvalue weighted by molar-refractivity contribution is 7.99. The highest BCUT2D eigenvalue weighted by Crippen LogP contribution is 2.29. The number of hydrogen-bond donors (Lipinski definition) is 1. The third kappa shape index (κ3) is 6.12. The van der Waals surface area contributed by atoms with E-state index in [0.29, 0.717) is 42.7 Å². The molecule has 10 heteroatoms. The van der Waals surface area contributed by atoms with Crippen LogP contribution in [0.2, 0.25) is 0 Å². The number of hydrogen-bond acceptors (Lipinski definition) is 7. The van der Waals surface area contributed by atoms with Crippen LogP contribution in [0.25, 0.3) is 17.1 Å². The van der Waals surface area contributed by atoms with Crippen LogP contribution >= 0.6 is 11.8 Å². The Labute approximate surface area is 184 Å². The van der Waals surface area contributed by atoms with Crippen molar-refractivity contribution in [2.75, 3.05) is 26.0 Å². The fourth-order valence-electron chi connectivity index (χ4n) is 2.87. The summed E-state index contributed by atoms with van der Waals surface area (Å²) in [6, 6.07) is 15.9. The fourth-order valence-corrected chi connectivity index (χ4v) is 3.76. The third-order valence-corrected chi connectivity index (χ3v) is 5.41. The first-order valence-electron chi connectivity index (χ1n) is 9.74. The van der Waals surface area contributed by atoms with Crippen LogP contribution in [0.4, 0.5) is 5.69 Å². The van der Waals surface area contributed by atoms with Gasteiger partial charge in [0, 0.05) is 49.2 Å². The molecule has 9 nitrogen and oxygen atoms in total. The fraction of sp³-hybridized carbons (Fsp3) is 0.286. The van der Waals surface area contributed by atoms with Crippen molar-refractivity contribution in [2.45, 2.75) is 18.0 Å². The maximum Gasteiger partial charge on any atom is 0.269 e. The SMILES string of the molecule is COCCNC(=O)CCCSc1nnc(-c2ccc([N+](=O)[O-])cc2)n1-c1ccccc1. The summed E-state index contributed by atoms with van der Waals surface area (Å²) in [6.07, 6.45) is 1.11. The van der Waals surface area contributed by atoms with Gasteiger partial charge >= 0.3 is 0 Å². The lowest BCUT2D eigenvalue weighted by molar-refractivity contribution is -0.384. The average Bonchev–Trinajstić information content (AvgIpc) is 3.21. The zero-order valence-electron chi connectivity index (χ0n) is 17.1. The molecule has 0 saturated carbocycles. The molecule has 0 aliphatic rings. The molecule has 0 fully saturated rings. The second-order valence-corrected chi connectivity index (χ2v) is 7.64. The highest BCUT2D eigenvalue weighted by atomic mass is 32.2. The molecule has 162 valence electrons. The Morgan fingerprint density at radius 1 is 1.16 bits per heavy atom. The Morgan fingerprint density at radius 3 is 2.58 bits per heavy atom. The van der Waals surface area contributed by atoms with E-state index < -0.39 is 4.92 Å². The largest absolute Gasteiger partial charge is 0.383 e. The smallest absolute Gasteiger partial charge is 0.269 e. The van der Waals surface area contributed by atoms with Crippen molar-refractivity contribution in [1.82, 2.24) is 20.1 Å². The number of carbonyl (C=O) groups excluding carboxylic acids is 1. The van der Waals surface area contributed by atoms with E-state index in [4.69, 9.17) is 4.74 Å². The monoisotopic (exact) mass is 441 g/mol. The van der Waals surface area contributed by atoms with Gasteiger partial charge in [-0.15, -0.1) is 10.2 Å². The molecule has 1 N–H and O–H groups in total. The Balaban J connectivity index is 1.74. The first kappa shape index (κ1) is 22.4. The van der Waals surface area contributed by atoms with Gasteiger partial charge in [0.1, 0.15) is 0 Å². The molecule has 31 heavy (non-hydrogen) atoms. The molecule has 0 unspecified atom stereocenters. The zero-order valence-corrected chi connectivity index (χ0v) is 17.9. The van der Waals surface area contributed by atoms with Crippen LogP contribution in [-0.2, 0) is 9.53 Å². The third-order valence-electron chi connectivity index (χ3n) is 4.39. The van der Waals surface area contributed by atoms with E-state index in [1.54, 1.807) is 19.2 Å². The van der Waals surface area contributed by atoms with Crippen LogP contribution in [0.1, 0.15) is 12.8 Å². The molecule has 0 atom stereocenters. The minimum absolute atomic E-state index is 0.00579. The number of ether oxygens (including phenoxy) is 1. The average molecular weight is 442 g/mol. The predicted octanol–water partition coefficient (Wildman–Crippen LogP) is 3.48. The number of benzene rings is 2. The number of rotatable bonds is 11. The number of thioether (sulfide) groups is 1. The number of methoxy groups -OCH3 is 1. The van der Waals surface area contributed by atoms with Gasteiger partial charge in [-0.25, -0.2) is 0 Å². The van der Waals surface area contributed by atoms with Crippen molar-refractivity contribution in [3.05, 3.63) is 64.7 Å². The molecular weight excluding hydrogens is 418 g/mol. The number of nitrogens with zero attached hydrogens (tertiary/aromatic N) is 4. The van der Waals surface area contributed by atoms with Gasteiger partial charge in [-0.1, -0.05) is 30.0 Å². The van der Waals surface area contributed by atoms with Crippen LogP contribution in [0.3, 0.4) is 0 Å². The minimum atomic E-state index is -0.432. The van der Waals surface area contributed by atoms with E-state index in [0.717, 1.165) is 11.3 Å². The number of carbonyl (C=O) groups is 1. The Morgan fingerprint density at radius 2 is 1.90 bits per heavy atom. The lowest BCUT2D eigenvalue weighted by atomic mass is 10.2. The summed E-state index contributed by atoms with van der Waals surface area (Å²) < 4.78 is 6.84. The van der Waals surface area contributed by atoms with Gasteiger partial charge < -0.3 is 10.1 Å². The second kappa shape index (κ2) is 11.2. The first-order chi connectivity index (χ1) is 15.1. The van der Waals surface area contributed by atoms with Crippen molar-refractivity contribution in [1.29, 1.82) is 0 Å². The topological polar surface area (TPSA) is 112 Å². The number of nitro groups is 1. The van der Waals surface area contributed by atoms with Gasteiger partial charge in [0.15, 0.2) is 11.0 Å². The van der Waals surface area contributed by atoms with Crippen molar-refractivity contribution >= 4 is 23.4 Å². The minimum Gasteiger partial charge on any atom is -0.383 e. The second-order valence-electron chi connectivity index (χ2n) is 6.58. The van der Waals surface area contributed by atoms with Gasteiger partial charge in [-0.2, -0.15) is 0 Å². The molecule has 3 aromatic rings. The molecule has 1 heterocycles. The summed E-state index contributed by atoms with van der Waals surface area (Å²) >= 11 is 1.51.